The number of hydrogen-bond donors (Lipinski definition) is 1. The monoisotopic (exact) mass is 412 g/mol. The van der Waals surface area contributed by atoms with Gasteiger partial charge in [-0.3, -0.25) is 9.59 Å². The Morgan fingerprint density at radius 1 is 1.08 bits per heavy atom. The van der Waals surface area contributed by atoms with E-state index in [4.69, 9.17) is 0 Å². The molecule has 26 heavy (non-hydrogen) atoms. The van der Waals surface area contributed by atoms with Crippen molar-refractivity contribution in [3.8, 4) is 0 Å². The number of rotatable bonds is 3. The van der Waals surface area contributed by atoms with E-state index in [1.807, 2.05) is 41.3 Å². The highest BCUT2D eigenvalue weighted by Crippen LogP contribution is 2.35. The lowest BCUT2D eigenvalue weighted by molar-refractivity contribution is -0.122. The zero-order valence-corrected chi connectivity index (χ0v) is 16.1. The van der Waals surface area contributed by atoms with Crippen molar-refractivity contribution >= 4 is 39.1 Å². The van der Waals surface area contributed by atoms with Crippen LogP contribution in [0.1, 0.15) is 41.6 Å². The number of anilines is 2. The minimum absolute atomic E-state index is 0.144. The fourth-order valence-corrected chi connectivity index (χ4v) is 4.41. The van der Waals surface area contributed by atoms with Gasteiger partial charge in [-0.1, -0.05) is 25.0 Å². The van der Waals surface area contributed by atoms with Crippen molar-refractivity contribution in [3.63, 3.8) is 0 Å². The smallest absolute Gasteiger partial charge is 0.256 e. The van der Waals surface area contributed by atoms with E-state index in [-0.39, 0.29) is 17.7 Å². The van der Waals surface area contributed by atoms with Crippen LogP contribution >= 0.6 is 15.9 Å². The average Bonchev–Trinajstić information content (AvgIpc) is 3.31. The SMILES string of the molecule is O=C(Nc1ccc2c(c1)CCN2C(=O)C1CCCC1)c1ccccc1Br. The average molecular weight is 413 g/mol. The molecule has 2 amide bonds. The van der Waals surface area contributed by atoms with Crippen molar-refractivity contribution in [2.24, 2.45) is 5.92 Å². The summed E-state index contributed by atoms with van der Waals surface area (Å²) in [6.45, 7) is 0.742. The highest BCUT2D eigenvalue weighted by atomic mass is 79.9. The van der Waals surface area contributed by atoms with Crippen molar-refractivity contribution in [1.29, 1.82) is 0 Å². The molecule has 4 nitrogen and oxygen atoms in total. The van der Waals surface area contributed by atoms with Gasteiger partial charge in [-0.15, -0.1) is 0 Å². The van der Waals surface area contributed by atoms with Crippen molar-refractivity contribution in [3.05, 3.63) is 58.1 Å². The third-order valence-electron chi connectivity index (χ3n) is 5.32. The normalized spacial score (nSPS) is 16.6. The first-order chi connectivity index (χ1) is 12.6. The highest BCUT2D eigenvalue weighted by molar-refractivity contribution is 9.10. The van der Waals surface area contributed by atoms with Crippen LogP contribution in [0, 0.1) is 5.92 Å². The van der Waals surface area contributed by atoms with Crippen LogP contribution in [0.2, 0.25) is 0 Å². The molecule has 5 heteroatoms. The molecule has 0 bridgehead atoms. The van der Waals surface area contributed by atoms with Gasteiger partial charge in [0.15, 0.2) is 0 Å². The fourth-order valence-electron chi connectivity index (χ4n) is 3.95. The highest BCUT2D eigenvalue weighted by Gasteiger charge is 2.31. The molecule has 0 unspecified atom stereocenters. The second kappa shape index (κ2) is 7.23. The summed E-state index contributed by atoms with van der Waals surface area (Å²) in [4.78, 5) is 27.2. The van der Waals surface area contributed by atoms with Crippen molar-refractivity contribution in [1.82, 2.24) is 0 Å². The molecule has 1 N–H and O–H groups in total. The molecule has 2 aliphatic rings. The molecule has 1 fully saturated rings. The van der Waals surface area contributed by atoms with Crippen LogP contribution in [0.4, 0.5) is 11.4 Å². The standard InChI is InChI=1S/C21H21BrN2O2/c22-18-8-4-3-7-17(18)20(25)23-16-9-10-19-15(13-16)11-12-24(19)21(26)14-5-1-2-6-14/h3-4,7-10,13-14H,1-2,5-6,11-12H2,(H,23,25). The number of fused-ring (bicyclic) bond motifs is 1. The van der Waals surface area contributed by atoms with E-state index in [1.54, 1.807) is 6.07 Å². The molecule has 0 saturated heterocycles. The van der Waals surface area contributed by atoms with Gasteiger partial charge in [0.25, 0.3) is 5.91 Å². The lowest BCUT2D eigenvalue weighted by Gasteiger charge is -2.21. The maximum Gasteiger partial charge on any atom is 0.256 e. The predicted molar refractivity (Wildman–Crippen MR) is 107 cm³/mol. The fraction of sp³-hybridized carbons (Fsp3) is 0.333. The summed E-state index contributed by atoms with van der Waals surface area (Å²) < 4.78 is 0.770. The minimum Gasteiger partial charge on any atom is -0.322 e. The summed E-state index contributed by atoms with van der Waals surface area (Å²) in [6.07, 6.45) is 5.20. The summed E-state index contributed by atoms with van der Waals surface area (Å²) in [5.41, 5.74) is 3.49. The Balaban J connectivity index is 1.50. The summed E-state index contributed by atoms with van der Waals surface area (Å²) in [6, 6.07) is 13.2. The van der Waals surface area contributed by atoms with Crippen LogP contribution < -0.4 is 10.2 Å². The quantitative estimate of drug-likeness (QED) is 0.788. The Bertz CT molecular complexity index is 859. The molecule has 4 rings (SSSR count). The second-order valence-corrected chi connectivity index (χ2v) is 7.85. The molecule has 0 radical (unpaired) electrons. The number of benzene rings is 2. The van der Waals surface area contributed by atoms with Crippen LogP contribution in [-0.2, 0) is 11.2 Å². The van der Waals surface area contributed by atoms with Gasteiger partial charge in [-0.05, 0) is 71.1 Å². The summed E-state index contributed by atoms with van der Waals surface area (Å²) in [7, 11) is 0. The molecule has 1 saturated carbocycles. The van der Waals surface area contributed by atoms with Crippen molar-refractivity contribution in [2.45, 2.75) is 32.1 Å². The number of halogens is 1. The third kappa shape index (κ3) is 3.28. The van der Waals surface area contributed by atoms with Gasteiger partial charge in [0.1, 0.15) is 0 Å². The molecule has 2 aromatic carbocycles. The predicted octanol–water partition coefficient (Wildman–Crippen LogP) is 4.78. The van der Waals surface area contributed by atoms with E-state index >= 15 is 0 Å². The Morgan fingerprint density at radius 2 is 1.85 bits per heavy atom. The maximum atomic E-state index is 12.7. The van der Waals surface area contributed by atoms with Gasteiger partial charge in [-0.25, -0.2) is 0 Å². The molecule has 1 heterocycles. The lowest BCUT2D eigenvalue weighted by Crippen LogP contribution is -2.33. The van der Waals surface area contributed by atoms with E-state index in [0.717, 1.165) is 60.1 Å². The van der Waals surface area contributed by atoms with Crippen LogP contribution in [0.15, 0.2) is 46.9 Å². The molecule has 0 spiro atoms. The number of amides is 2. The summed E-state index contributed by atoms with van der Waals surface area (Å²) in [5, 5.41) is 2.96. The minimum atomic E-state index is -0.144. The van der Waals surface area contributed by atoms with Gasteiger partial charge in [-0.2, -0.15) is 0 Å². The lowest BCUT2D eigenvalue weighted by atomic mass is 10.1. The molecule has 0 aromatic heterocycles. The van der Waals surface area contributed by atoms with Crippen molar-refractivity contribution < 1.29 is 9.59 Å². The van der Waals surface area contributed by atoms with Gasteiger partial charge >= 0.3 is 0 Å². The third-order valence-corrected chi connectivity index (χ3v) is 6.01. The number of carbonyl (C=O) groups is 2. The number of hydrogen-bond acceptors (Lipinski definition) is 2. The van der Waals surface area contributed by atoms with Crippen LogP contribution in [-0.4, -0.2) is 18.4 Å². The number of nitrogens with one attached hydrogen (secondary N) is 1. The molecule has 1 aliphatic heterocycles. The van der Waals surface area contributed by atoms with E-state index in [1.165, 1.54) is 0 Å². The van der Waals surface area contributed by atoms with Gasteiger partial charge in [0.05, 0.1) is 5.56 Å². The number of nitrogens with zero attached hydrogens (tertiary/aromatic N) is 1. The maximum absolute atomic E-state index is 12.7. The van der Waals surface area contributed by atoms with Gasteiger partial charge in [0, 0.05) is 28.3 Å². The Labute approximate surface area is 161 Å². The Kier molecular flexibility index (Phi) is 4.81. The first kappa shape index (κ1) is 17.3. The van der Waals surface area contributed by atoms with Crippen LogP contribution in [0.3, 0.4) is 0 Å². The molecular formula is C21H21BrN2O2. The molecule has 1 aliphatic carbocycles. The Morgan fingerprint density at radius 3 is 2.62 bits per heavy atom. The van der Waals surface area contributed by atoms with E-state index in [2.05, 4.69) is 21.2 Å². The molecular weight excluding hydrogens is 392 g/mol. The first-order valence-electron chi connectivity index (χ1n) is 9.13. The zero-order chi connectivity index (χ0) is 18.1. The molecule has 0 atom stereocenters. The van der Waals surface area contributed by atoms with E-state index in [0.29, 0.717) is 5.56 Å². The van der Waals surface area contributed by atoms with Gasteiger partial charge in [0.2, 0.25) is 5.91 Å². The molecule has 2 aromatic rings. The Hall–Kier alpha value is -2.14. The summed E-state index contributed by atoms with van der Waals surface area (Å²) in [5.74, 6) is 0.316. The van der Waals surface area contributed by atoms with Crippen molar-refractivity contribution in [2.75, 3.05) is 16.8 Å². The van der Waals surface area contributed by atoms with E-state index < -0.39 is 0 Å². The molecule has 134 valence electrons. The van der Waals surface area contributed by atoms with E-state index in [9.17, 15) is 9.59 Å². The van der Waals surface area contributed by atoms with Crippen LogP contribution in [0.25, 0.3) is 0 Å². The topological polar surface area (TPSA) is 49.4 Å². The van der Waals surface area contributed by atoms with Crippen LogP contribution in [0.5, 0.6) is 0 Å². The summed E-state index contributed by atoms with van der Waals surface area (Å²) >= 11 is 3.41. The zero-order valence-electron chi connectivity index (χ0n) is 14.5. The number of carbonyl (C=O) groups excluding carboxylic acids is 2. The first-order valence-corrected chi connectivity index (χ1v) is 9.93. The van der Waals surface area contributed by atoms with Gasteiger partial charge < -0.3 is 10.2 Å². The largest absolute Gasteiger partial charge is 0.322 e. The second-order valence-electron chi connectivity index (χ2n) is 7.00.